The molecule has 1 heterocycles. The molecule has 0 aromatic heterocycles. The first kappa shape index (κ1) is 16.2. The Balaban J connectivity index is 1.87. The molecule has 21 heavy (non-hydrogen) atoms. The van der Waals surface area contributed by atoms with Crippen molar-refractivity contribution in [1.29, 1.82) is 0 Å². The fraction of sp³-hybridized carbons (Fsp3) is 0.571. The minimum atomic E-state index is -4.31. The van der Waals surface area contributed by atoms with Gasteiger partial charge in [0.05, 0.1) is 18.6 Å². The lowest BCUT2D eigenvalue weighted by molar-refractivity contribution is -0.174. The van der Waals surface area contributed by atoms with E-state index in [1.54, 1.807) is 18.2 Å². The van der Waals surface area contributed by atoms with Gasteiger partial charge in [0.2, 0.25) is 0 Å². The first-order valence-corrected chi connectivity index (χ1v) is 7.07. The monoisotopic (exact) mass is 324 g/mol. The zero-order chi connectivity index (χ0) is 15.3. The van der Waals surface area contributed by atoms with Gasteiger partial charge in [-0.25, -0.2) is 0 Å². The molecule has 7 heteroatoms. The first-order chi connectivity index (χ1) is 9.96. The summed E-state index contributed by atoms with van der Waals surface area (Å²) in [5.41, 5.74) is 0.775. The van der Waals surface area contributed by atoms with E-state index in [9.17, 15) is 13.2 Å². The van der Waals surface area contributed by atoms with E-state index in [-0.39, 0.29) is 13.0 Å². The van der Waals surface area contributed by atoms with Crippen molar-refractivity contribution in [2.45, 2.75) is 24.4 Å². The van der Waals surface area contributed by atoms with E-state index in [1.165, 1.54) is 0 Å². The van der Waals surface area contributed by atoms with Crippen LogP contribution in [0.5, 0.6) is 11.5 Å². The molecule has 0 radical (unpaired) electrons. The number of benzene rings is 1. The zero-order valence-electron chi connectivity index (χ0n) is 11.3. The number of ether oxygens (including phenoxy) is 3. The minimum Gasteiger partial charge on any atom is -0.490 e. The Labute approximate surface area is 125 Å². The molecule has 0 saturated heterocycles. The third-order valence-electron chi connectivity index (χ3n) is 2.91. The van der Waals surface area contributed by atoms with Crippen LogP contribution in [0.4, 0.5) is 13.2 Å². The molecule has 0 saturated carbocycles. The molecule has 1 atom stereocenters. The maximum absolute atomic E-state index is 11.9. The number of alkyl halides is 4. The summed E-state index contributed by atoms with van der Waals surface area (Å²) in [5, 5.41) is -0.435. The molecule has 1 aliphatic rings. The molecule has 2 rings (SSSR count). The summed E-state index contributed by atoms with van der Waals surface area (Å²) >= 11 is 6.18. The summed E-state index contributed by atoms with van der Waals surface area (Å²) in [7, 11) is 0. The first-order valence-electron chi connectivity index (χ1n) is 6.64. The second-order valence-electron chi connectivity index (χ2n) is 4.68. The third-order valence-corrected chi connectivity index (χ3v) is 3.38. The maximum Gasteiger partial charge on any atom is 0.411 e. The number of halogens is 4. The second kappa shape index (κ2) is 7.22. The van der Waals surface area contributed by atoms with E-state index >= 15 is 0 Å². The van der Waals surface area contributed by atoms with E-state index in [0.29, 0.717) is 24.7 Å². The van der Waals surface area contributed by atoms with Gasteiger partial charge >= 0.3 is 6.18 Å². The van der Waals surface area contributed by atoms with Crippen molar-refractivity contribution in [1.82, 2.24) is 0 Å². The van der Waals surface area contributed by atoms with Gasteiger partial charge in [-0.3, -0.25) is 0 Å². The topological polar surface area (TPSA) is 27.7 Å². The molecule has 1 unspecified atom stereocenters. The van der Waals surface area contributed by atoms with Gasteiger partial charge < -0.3 is 14.2 Å². The zero-order valence-corrected chi connectivity index (χ0v) is 12.0. The predicted molar refractivity (Wildman–Crippen MR) is 72.1 cm³/mol. The maximum atomic E-state index is 11.9. The molecule has 1 aromatic rings. The lowest BCUT2D eigenvalue weighted by Gasteiger charge is -2.14. The Bertz CT molecular complexity index is 465. The molecule has 0 bridgehead atoms. The summed E-state index contributed by atoms with van der Waals surface area (Å²) in [4.78, 5) is 0. The highest BCUT2D eigenvalue weighted by Gasteiger charge is 2.27. The molecule has 118 valence electrons. The van der Waals surface area contributed by atoms with Gasteiger partial charge in [0.1, 0.15) is 6.61 Å². The Hall–Kier alpha value is -1.14. The number of rotatable bonds is 5. The summed E-state index contributed by atoms with van der Waals surface area (Å²) in [6.45, 7) is -0.139. The third kappa shape index (κ3) is 5.28. The molecule has 0 fully saturated rings. The van der Waals surface area contributed by atoms with Crippen LogP contribution < -0.4 is 9.47 Å². The summed E-state index contributed by atoms with van der Waals surface area (Å²) in [5.74, 6) is 1.28. The lowest BCUT2D eigenvalue weighted by Crippen LogP contribution is -2.17. The highest BCUT2D eigenvalue weighted by molar-refractivity contribution is 6.20. The number of fused-ring (bicyclic) bond motifs is 1. The molecule has 0 spiro atoms. The standard InChI is InChI=1S/C14H16ClF3O3/c15-11(4-7-19-9-14(16,17)18)10-2-3-12-13(8-10)21-6-1-5-20-12/h2-3,8,11H,1,4-7,9H2. The van der Waals surface area contributed by atoms with E-state index in [1.807, 2.05) is 0 Å². The molecular weight excluding hydrogens is 309 g/mol. The van der Waals surface area contributed by atoms with Crippen LogP contribution in [0.3, 0.4) is 0 Å². The van der Waals surface area contributed by atoms with Crippen molar-refractivity contribution in [3.63, 3.8) is 0 Å². The molecule has 3 nitrogen and oxygen atoms in total. The van der Waals surface area contributed by atoms with E-state index in [0.717, 1.165) is 12.0 Å². The average molecular weight is 325 g/mol. The smallest absolute Gasteiger partial charge is 0.411 e. The fourth-order valence-electron chi connectivity index (χ4n) is 1.92. The molecule has 1 aliphatic heterocycles. The lowest BCUT2D eigenvalue weighted by atomic mass is 10.1. The summed E-state index contributed by atoms with van der Waals surface area (Å²) in [6, 6.07) is 5.32. The molecule has 0 N–H and O–H groups in total. The second-order valence-corrected chi connectivity index (χ2v) is 5.21. The van der Waals surface area contributed by atoms with Crippen LogP contribution in [0.1, 0.15) is 23.8 Å². The predicted octanol–water partition coefficient (Wildman–Crippen LogP) is 4.10. The summed E-state index contributed by atoms with van der Waals surface area (Å²) in [6.07, 6.45) is -3.21. The largest absolute Gasteiger partial charge is 0.490 e. The van der Waals surface area contributed by atoms with Gasteiger partial charge in [-0.2, -0.15) is 13.2 Å². The Morgan fingerprint density at radius 1 is 1.19 bits per heavy atom. The van der Waals surface area contributed by atoms with E-state index in [4.69, 9.17) is 21.1 Å². The van der Waals surface area contributed by atoms with Gasteiger partial charge in [0.25, 0.3) is 0 Å². The van der Waals surface area contributed by atoms with Gasteiger partial charge in [-0.05, 0) is 24.1 Å². The number of hydrogen-bond donors (Lipinski definition) is 0. The number of hydrogen-bond acceptors (Lipinski definition) is 3. The molecule has 1 aromatic carbocycles. The van der Waals surface area contributed by atoms with Crippen LogP contribution in [-0.4, -0.2) is 32.6 Å². The van der Waals surface area contributed by atoms with Crippen LogP contribution >= 0.6 is 11.6 Å². The molecule has 0 amide bonds. The highest BCUT2D eigenvalue weighted by Crippen LogP contribution is 2.35. The van der Waals surface area contributed by atoms with E-state index in [2.05, 4.69) is 4.74 Å². The van der Waals surface area contributed by atoms with Crippen molar-refractivity contribution in [2.24, 2.45) is 0 Å². The van der Waals surface area contributed by atoms with Crippen LogP contribution in [0, 0.1) is 0 Å². The minimum absolute atomic E-state index is 0.0535. The molecule has 0 aliphatic carbocycles. The van der Waals surface area contributed by atoms with Crippen LogP contribution in [-0.2, 0) is 4.74 Å². The fourth-order valence-corrected chi connectivity index (χ4v) is 2.14. The Morgan fingerprint density at radius 3 is 2.62 bits per heavy atom. The van der Waals surface area contributed by atoms with Crippen LogP contribution in [0.15, 0.2) is 18.2 Å². The van der Waals surface area contributed by atoms with Crippen LogP contribution in [0.2, 0.25) is 0 Å². The van der Waals surface area contributed by atoms with Gasteiger partial charge in [-0.15, -0.1) is 11.6 Å². The Morgan fingerprint density at radius 2 is 1.90 bits per heavy atom. The van der Waals surface area contributed by atoms with Crippen molar-refractivity contribution < 1.29 is 27.4 Å². The van der Waals surface area contributed by atoms with Crippen molar-refractivity contribution >= 4 is 11.6 Å². The quantitative estimate of drug-likeness (QED) is 0.603. The van der Waals surface area contributed by atoms with E-state index < -0.39 is 18.2 Å². The van der Waals surface area contributed by atoms with Crippen molar-refractivity contribution in [3.8, 4) is 11.5 Å². The van der Waals surface area contributed by atoms with Crippen molar-refractivity contribution in [3.05, 3.63) is 23.8 Å². The Kier molecular flexibility index (Phi) is 5.58. The van der Waals surface area contributed by atoms with Gasteiger partial charge in [-0.1, -0.05) is 6.07 Å². The average Bonchev–Trinajstić information content (AvgIpc) is 2.66. The normalized spacial score (nSPS) is 16.4. The molecular formula is C14H16ClF3O3. The highest BCUT2D eigenvalue weighted by atomic mass is 35.5. The van der Waals surface area contributed by atoms with Gasteiger partial charge in [0.15, 0.2) is 11.5 Å². The van der Waals surface area contributed by atoms with Crippen molar-refractivity contribution in [2.75, 3.05) is 26.4 Å². The summed E-state index contributed by atoms with van der Waals surface area (Å²) < 4.78 is 51.4. The van der Waals surface area contributed by atoms with Gasteiger partial charge in [0, 0.05) is 13.0 Å². The van der Waals surface area contributed by atoms with Crippen LogP contribution in [0.25, 0.3) is 0 Å². The SMILES string of the molecule is FC(F)(F)COCCC(Cl)c1ccc2c(c1)OCCCO2.